The lowest BCUT2D eigenvalue weighted by atomic mass is 9.76. The third kappa shape index (κ3) is 1.67. The molecule has 0 aliphatic heterocycles. The summed E-state index contributed by atoms with van der Waals surface area (Å²) < 4.78 is 7.18. The van der Waals surface area contributed by atoms with Gasteiger partial charge in [0.25, 0.3) is 0 Å². The van der Waals surface area contributed by atoms with E-state index < -0.39 is 5.60 Å². The van der Waals surface area contributed by atoms with Crippen molar-refractivity contribution in [3.63, 3.8) is 0 Å². The van der Waals surface area contributed by atoms with E-state index in [2.05, 4.69) is 12.0 Å². The molecule has 0 bridgehead atoms. The zero-order chi connectivity index (χ0) is 11.6. The van der Waals surface area contributed by atoms with E-state index in [1.807, 2.05) is 0 Å². The molecule has 0 unspecified atom stereocenters. The first-order valence-electron chi connectivity index (χ1n) is 5.85. The topological polar surface area (TPSA) is 44.1 Å². The quantitative estimate of drug-likeness (QED) is 0.716. The molecule has 0 amide bonds. The number of carbonyl (C=O) groups excluding carboxylic acids is 1. The van der Waals surface area contributed by atoms with Gasteiger partial charge in [-0.1, -0.05) is 6.92 Å². The molecule has 0 saturated heterocycles. The van der Waals surface area contributed by atoms with E-state index in [-0.39, 0.29) is 5.78 Å². The van der Waals surface area contributed by atoms with Crippen LogP contribution >= 0.6 is 0 Å². The lowest BCUT2D eigenvalue weighted by Gasteiger charge is -2.38. The molecule has 16 heavy (non-hydrogen) atoms. The maximum Gasteiger partial charge on any atom is 0.212 e. The summed E-state index contributed by atoms with van der Waals surface area (Å²) in [6.07, 6.45) is 5.40. The smallest absolute Gasteiger partial charge is 0.212 e. The Morgan fingerprint density at radius 3 is 2.88 bits per heavy atom. The molecule has 1 aliphatic carbocycles. The van der Waals surface area contributed by atoms with E-state index in [1.54, 1.807) is 24.1 Å². The van der Waals surface area contributed by atoms with E-state index in [1.165, 1.54) is 0 Å². The highest BCUT2D eigenvalue weighted by Gasteiger charge is 2.45. The van der Waals surface area contributed by atoms with Crippen LogP contribution in [0.2, 0.25) is 0 Å². The highest BCUT2D eigenvalue weighted by molar-refractivity contribution is 6.01. The van der Waals surface area contributed by atoms with Gasteiger partial charge in [-0.3, -0.25) is 9.48 Å². The van der Waals surface area contributed by atoms with Crippen LogP contribution in [0.1, 0.15) is 43.1 Å². The van der Waals surface area contributed by atoms with Gasteiger partial charge in [-0.15, -0.1) is 0 Å². The first kappa shape index (κ1) is 11.3. The molecular weight excluding hydrogens is 204 g/mol. The Hall–Kier alpha value is -1.16. The van der Waals surface area contributed by atoms with Crippen LogP contribution in [0.4, 0.5) is 0 Å². The zero-order valence-corrected chi connectivity index (χ0v) is 9.90. The van der Waals surface area contributed by atoms with E-state index in [0.29, 0.717) is 5.69 Å². The van der Waals surface area contributed by atoms with Gasteiger partial charge >= 0.3 is 0 Å². The molecule has 4 heteroatoms. The number of ether oxygens (including phenoxy) is 1. The minimum absolute atomic E-state index is 0.0900. The van der Waals surface area contributed by atoms with E-state index in [0.717, 1.165) is 32.2 Å². The average Bonchev–Trinajstić information content (AvgIpc) is 2.65. The van der Waals surface area contributed by atoms with Gasteiger partial charge in [0.2, 0.25) is 5.78 Å². The second-order valence-corrected chi connectivity index (χ2v) is 4.32. The number of Topliss-reactive ketones (excluding diaryl/α,β-unsaturated/α-hetero) is 1. The van der Waals surface area contributed by atoms with Crippen molar-refractivity contribution in [2.45, 2.75) is 44.8 Å². The van der Waals surface area contributed by atoms with Crippen LogP contribution in [0.15, 0.2) is 12.3 Å². The van der Waals surface area contributed by atoms with Gasteiger partial charge in [0.05, 0.1) is 0 Å². The number of aryl methyl sites for hydroxylation is 1. The average molecular weight is 222 g/mol. The number of carbonyl (C=O) groups is 1. The fourth-order valence-electron chi connectivity index (χ4n) is 2.17. The van der Waals surface area contributed by atoms with Crippen molar-refractivity contribution in [2.75, 3.05) is 7.11 Å². The van der Waals surface area contributed by atoms with Gasteiger partial charge in [-0.2, -0.15) is 5.10 Å². The van der Waals surface area contributed by atoms with Crippen molar-refractivity contribution in [2.24, 2.45) is 0 Å². The molecule has 2 rings (SSSR count). The number of hydrogen-bond donors (Lipinski definition) is 0. The molecule has 1 aliphatic rings. The van der Waals surface area contributed by atoms with Crippen molar-refractivity contribution in [1.29, 1.82) is 0 Å². The third-order valence-electron chi connectivity index (χ3n) is 3.35. The minimum atomic E-state index is -0.564. The van der Waals surface area contributed by atoms with Gasteiger partial charge in [0.1, 0.15) is 11.3 Å². The number of ketones is 1. The van der Waals surface area contributed by atoms with Crippen LogP contribution in [-0.4, -0.2) is 28.3 Å². The predicted octanol–water partition coefficient (Wildman–Crippen LogP) is 2.04. The molecule has 0 N–H and O–H groups in total. The summed E-state index contributed by atoms with van der Waals surface area (Å²) in [5.74, 6) is 0.0900. The second-order valence-electron chi connectivity index (χ2n) is 4.32. The number of aromatic nitrogens is 2. The maximum absolute atomic E-state index is 12.4. The van der Waals surface area contributed by atoms with Gasteiger partial charge in [-0.05, 0) is 31.7 Å². The van der Waals surface area contributed by atoms with Crippen molar-refractivity contribution >= 4 is 5.78 Å². The Morgan fingerprint density at radius 2 is 2.38 bits per heavy atom. The Labute approximate surface area is 95.6 Å². The molecule has 1 aromatic heterocycles. The minimum Gasteiger partial charge on any atom is -0.370 e. The van der Waals surface area contributed by atoms with Crippen LogP contribution in [-0.2, 0) is 11.3 Å². The van der Waals surface area contributed by atoms with Gasteiger partial charge in [0.15, 0.2) is 0 Å². The van der Waals surface area contributed by atoms with Crippen molar-refractivity contribution in [1.82, 2.24) is 9.78 Å². The molecule has 0 radical (unpaired) electrons. The Balaban J connectivity index is 2.23. The Bertz CT molecular complexity index is 375. The molecule has 1 heterocycles. The van der Waals surface area contributed by atoms with Crippen molar-refractivity contribution in [3.8, 4) is 0 Å². The Morgan fingerprint density at radius 1 is 1.62 bits per heavy atom. The molecular formula is C12H18N2O2. The van der Waals surface area contributed by atoms with E-state index >= 15 is 0 Å². The van der Waals surface area contributed by atoms with Crippen LogP contribution in [0.5, 0.6) is 0 Å². The summed E-state index contributed by atoms with van der Waals surface area (Å²) in [4.78, 5) is 12.4. The normalized spacial score (nSPS) is 18.1. The summed E-state index contributed by atoms with van der Waals surface area (Å²) in [5.41, 5.74) is 0.120. The summed E-state index contributed by atoms with van der Waals surface area (Å²) in [5, 5.41) is 4.17. The van der Waals surface area contributed by atoms with Crippen LogP contribution < -0.4 is 0 Å². The van der Waals surface area contributed by atoms with Gasteiger partial charge in [-0.25, -0.2) is 0 Å². The third-order valence-corrected chi connectivity index (χ3v) is 3.35. The van der Waals surface area contributed by atoms with Crippen LogP contribution in [0.25, 0.3) is 0 Å². The lowest BCUT2D eigenvalue weighted by molar-refractivity contribution is -0.0454. The predicted molar refractivity (Wildman–Crippen MR) is 60.4 cm³/mol. The molecule has 0 aromatic carbocycles. The van der Waals surface area contributed by atoms with E-state index in [9.17, 15) is 4.79 Å². The monoisotopic (exact) mass is 222 g/mol. The molecule has 1 saturated carbocycles. The van der Waals surface area contributed by atoms with Crippen molar-refractivity contribution in [3.05, 3.63) is 18.0 Å². The molecule has 0 atom stereocenters. The first-order valence-corrected chi connectivity index (χ1v) is 5.85. The fourth-order valence-corrected chi connectivity index (χ4v) is 2.17. The van der Waals surface area contributed by atoms with Gasteiger partial charge in [0, 0.05) is 19.9 Å². The highest BCUT2D eigenvalue weighted by atomic mass is 16.5. The zero-order valence-electron chi connectivity index (χ0n) is 9.90. The summed E-state index contributed by atoms with van der Waals surface area (Å²) in [7, 11) is 1.62. The summed E-state index contributed by atoms with van der Waals surface area (Å²) >= 11 is 0. The number of hydrogen-bond acceptors (Lipinski definition) is 3. The number of rotatable bonds is 5. The SMILES string of the molecule is CCCn1nccc1C(=O)C1(OC)CCC1. The molecule has 4 nitrogen and oxygen atoms in total. The largest absolute Gasteiger partial charge is 0.370 e. The lowest BCUT2D eigenvalue weighted by Crippen LogP contribution is -2.47. The summed E-state index contributed by atoms with van der Waals surface area (Å²) in [6, 6.07) is 1.79. The maximum atomic E-state index is 12.4. The van der Waals surface area contributed by atoms with Gasteiger partial charge < -0.3 is 4.74 Å². The van der Waals surface area contributed by atoms with Crippen molar-refractivity contribution < 1.29 is 9.53 Å². The number of methoxy groups -OCH3 is 1. The fraction of sp³-hybridized carbons (Fsp3) is 0.667. The van der Waals surface area contributed by atoms with Crippen LogP contribution in [0, 0.1) is 0 Å². The number of nitrogens with zero attached hydrogens (tertiary/aromatic N) is 2. The summed E-state index contributed by atoms with van der Waals surface area (Å²) in [6.45, 7) is 2.86. The molecule has 1 aromatic rings. The highest BCUT2D eigenvalue weighted by Crippen LogP contribution is 2.37. The van der Waals surface area contributed by atoms with Crippen LogP contribution in [0.3, 0.4) is 0 Å². The molecule has 1 fully saturated rings. The standard InChI is InChI=1S/C12H18N2O2/c1-3-9-14-10(5-8-13-14)11(15)12(16-2)6-4-7-12/h5,8H,3-4,6-7,9H2,1-2H3. The molecule has 0 spiro atoms. The molecule has 88 valence electrons. The Kier molecular flexibility index (Phi) is 3.10. The first-order chi connectivity index (χ1) is 7.73. The van der Waals surface area contributed by atoms with E-state index in [4.69, 9.17) is 4.74 Å². The second kappa shape index (κ2) is 4.37.